The maximum Gasteiger partial charge on any atom is 0.309 e. The minimum Gasteiger partial charge on any atom is -0.481 e. The molecular weight excluding hydrogens is 363 g/mol. The number of carboxylic acids is 1. The van der Waals surface area contributed by atoms with Crippen LogP contribution in [0.25, 0.3) is 11.3 Å². The predicted molar refractivity (Wildman–Crippen MR) is 99.7 cm³/mol. The van der Waals surface area contributed by atoms with E-state index in [1.807, 2.05) is 0 Å². The van der Waals surface area contributed by atoms with Crippen molar-refractivity contribution in [2.24, 2.45) is 5.92 Å². The molecule has 2 aromatic rings. The molecule has 1 aromatic carbocycles. The van der Waals surface area contributed by atoms with Crippen molar-refractivity contribution < 1.29 is 19.1 Å². The zero-order chi connectivity index (χ0) is 19.9. The summed E-state index contributed by atoms with van der Waals surface area (Å²) in [6.07, 6.45) is 3.13. The van der Waals surface area contributed by atoms with E-state index in [-0.39, 0.29) is 18.1 Å². The van der Waals surface area contributed by atoms with E-state index < -0.39 is 17.4 Å². The second kappa shape index (κ2) is 7.01. The molecule has 1 amide bonds. The fraction of sp³-hybridized carbons (Fsp3) is 0.450. The molecule has 1 atom stereocenters. The first-order chi connectivity index (χ1) is 13.4. The van der Waals surface area contributed by atoms with Crippen molar-refractivity contribution in [1.82, 2.24) is 20.0 Å². The summed E-state index contributed by atoms with van der Waals surface area (Å²) in [6.45, 7) is 2.07. The number of aliphatic carboxylic acids is 1. The van der Waals surface area contributed by atoms with Crippen molar-refractivity contribution in [2.45, 2.75) is 31.3 Å². The molecule has 0 aliphatic carbocycles. The lowest BCUT2D eigenvalue weighted by Gasteiger charge is -2.45. The van der Waals surface area contributed by atoms with Crippen molar-refractivity contribution in [1.29, 1.82) is 0 Å². The Morgan fingerprint density at radius 2 is 2.00 bits per heavy atom. The van der Waals surface area contributed by atoms with Gasteiger partial charge in [-0.1, -0.05) is 0 Å². The lowest BCUT2D eigenvalue weighted by Crippen LogP contribution is -2.55. The lowest BCUT2D eigenvalue weighted by molar-refractivity contribution is -0.146. The number of aromatic amines is 1. The molecule has 1 aromatic heterocycles. The van der Waals surface area contributed by atoms with Crippen LogP contribution in [0.1, 0.15) is 24.8 Å². The van der Waals surface area contributed by atoms with E-state index in [0.717, 1.165) is 16.8 Å². The van der Waals surface area contributed by atoms with Gasteiger partial charge < -0.3 is 10.0 Å². The van der Waals surface area contributed by atoms with Gasteiger partial charge in [0.05, 0.1) is 23.3 Å². The topological polar surface area (TPSA) is 89.5 Å². The zero-order valence-electron chi connectivity index (χ0n) is 15.7. The number of nitrogens with zero attached hydrogens (tertiary/aromatic N) is 3. The maximum absolute atomic E-state index is 13.2. The quantitative estimate of drug-likeness (QED) is 0.840. The lowest BCUT2D eigenvalue weighted by atomic mass is 9.77. The molecule has 4 rings (SSSR count). The van der Waals surface area contributed by atoms with Gasteiger partial charge in [-0.3, -0.25) is 19.6 Å². The molecule has 0 radical (unpaired) electrons. The number of aromatic nitrogens is 2. The van der Waals surface area contributed by atoms with Crippen LogP contribution in [0, 0.1) is 11.7 Å². The van der Waals surface area contributed by atoms with Gasteiger partial charge >= 0.3 is 5.97 Å². The SMILES string of the molecule is CN1C(=O)C[C@H](C(=O)O)C12CCN(Cc1cn[nH]c1-c1ccc(F)cc1)CC2. The normalized spacial score (nSPS) is 22.1. The number of amides is 1. The highest BCUT2D eigenvalue weighted by atomic mass is 19.1. The number of carboxylic acid groups (broad SMARTS) is 1. The minimum absolute atomic E-state index is 0.0856. The highest BCUT2D eigenvalue weighted by Gasteiger charge is 2.55. The van der Waals surface area contributed by atoms with Crippen LogP contribution in [0.15, 0.2) is 30.5 Å². The average Bonchev–Trinajstić information content (AvgIpc) is 3.23. The van der Waals surface area contributed by atoms with E-state index in [1.165, 1.54) is 12.1 Å². The van der Waals surface area contributed by atoms with Crippen LogP contribution in [0.2, 0.25) is 0 Å². The Hall–Kier alpha value is -2.74. The summed E-state index contributed by atoms with van der Waals surface area (Å²) >= 11 is 0. The van der Waals surface area contributed by atoms with Gasteiger partial charge in [-0.2, -0.15) is 5.10 Å². The second-order valence-corrected chi connectivity index (χ2v) is 7.70. The number of piperidine rings is 1. The highest BCUT2D eigenvalue weighted by Crippen LogP contribution is 2.43. The zero-order valence-corrected chi connectivity index (χ0v) is 15.7. The van der Waals surface area contributed by atoms with E-state index in [9.17, 15) is 19.1 Å². The third-order valence-electron chi connectivity index (χ3n) is 6.33. The summed E-state index contributed by atoms with van der Waals surface area (Å²) in [5.74, 6) is -1.90. The van der Waals surface area contributed by atoms with Gasteiger partial charge in [0.25, 0.3) is 0 Å². The maximum atomic E-state index is 13.2. The molecule has 3 heterocycles. The van der Waals surface area contributed by atoms with Crippen LogP contribution in [0.3, 0.4) is 0 Å². The summed E-state index contributed by atoms with van der Waals surface area (Å²) < 4.78 is 13.2. The molecule has 0 unspecified atom stereocenters. The molecular formula is C20H23FN4O3. The fourth-order valence-electron chi connectivity index (χ4n) is 4.62. The molecule has 1 spiro atoms. The van der Waals surface area contributed by atoms with E-state index in [2.05, 4.69) is 15.1 Å². The first-order valence-corrected chi connectivity index (χ1v) is 9.41. The molecule has 7 nitrogen and oxygen atoms in total. The first kappa shape index (κ1) is 18.6. The van der Waals surface area contributed by atoms with Crippen LogP contribution in [-0.2, 0) is 16.1 Å². The molecule has 0 bridgehead atoms. The molecule has 2 aliphatic rings. The number of likely N-dealkylation sites (tertiary alicyclic amines) is 2. The summed E-state index contributed by atoms with van der Waals surface area (Å²) in [7, 11) is 1.73. The van der Waals surface area contributed by atoms with Gasteiger partial charge in [-0.05, 0) is 37.1 Å². The summed E-state index contributed by atoms with van der Waals surface area (Å²) in [5.41, 5.74) is 2.15. The summed E-state index contributed by atoms with van der Waals surface area (Å²) in [5, 5.41) is 16.7. The Labute approximate surface area is 162 Å². The van der Waals surface area contributed by atoms with E-state index in [4.69, 9.17) is 0 Å². The molecule has 2 aliphatic heterocycles. The van der Waals surface area contributed by atoms with Crippen LogP contribution in [0.5, 0.6) is 0 Å². The number of hydrogen-bond donors (Lipinski definition) is 2. The second-order valence-electron chi connectivity index (χ2n) is 7.70. The summed E-state index contributed by atoms with van der Waals surface area (Å²) in [6, 6.07) is 6.27. The van der Waals surface area contributed by atoms with Gasteiger partial charge in [0.15, 0.2) is 0 Å². The predicted octanol–water partition coefficient (Wildman–Crippen LogP) is 2.11. The summed E-state index contributed by atoms with van der Waals surface area (Å²) in [4.78, 5) is 27.7. The number of carbonyl (C=O) groups is 2. The third kappa shape index (κ3) is 3.07. The van der Waals surface area contributed by atoms with Crippen molar-refractivity contribution in [3.05, 3.63) is 41.8 Å². The molecule has 2 N–H and O–H groups in total. The largest absolute Gasteiger partial charge is 0.481 e. The highest BCUT2D eigenvalue weighted by molar-refractivity contribution is 5.88. The minimum atomic E-state index is -0.889. The van der Waals surface area contributed by atoms with Crippen molar-refractivity contribution in [3.63, 3.8) is 0 Å². The third-order valence-corrected chi connectivity index (χ3v) is 6.33. The Morgan fingerprint density at radius 1 is 1.32 bits per heavy atom. The van der Waals surface area contributed by atoms with Gasteiger partial charge in [0, 0.05) is 44.2 Å². The van der Waals surface area contributed by atoms with E-state index >= 15 is 0 Å². The molecule has 0 saturated carbocycles. The van der Waals surface area contributed by atoms with Gasteiger partial charge in [0.1, 0.15) is 5.82 Å². The van der Waals surface area contributed by atoms with Crippen LogP contribution < -0.4 is 0 Å². The average molecular weight is 386 g/mol. The smallest absolute Gasteiger partial charge is 0.309 e. The van der Waals surface area contributed by atoms with Gasteiger partial charge in [0.2, 0.25) is 5.91 Å². The first-order valence-electron chi connectivity index (χ1n) is 9.41. The number of rotatable bonds is 4. The van der Waals surface area contributed by atoms with Crippen LogP contribution in [-0.4, -0.2) is 62.7 Å². The van der Waals surface area contributed by atoms with E-state index in [1.54, 1.807) is 30.3 Å². The van der Waals surface area contributed by atoms with Gasteiger partial charge in [-0.25, -0.2) is 4.39 Å². The number of benzene rings is 1. The van der Waals surface area contributed by atoms with Crippen molar-refractivity contribution >= 4 is 11.9 Å². The molecule has 2 fully saturated rings. The fourth-order valence-corrected chi connectivity index (χ4v) is 4.62. The Kier molecular flexibility index (Phi) is 4.66. The number of carbonyl (C=O) groups excluding carboxylic acids is 1. The number of H-pyrrole nitrogens is 1. The molecule has 2 saturated heterocycles. The number of hydrogen-bond acceptors (Lipinski definition) is 4. The molecule has 28 heavy (non-hydrogen) atoms. The molecule has 148 valence electrons. The van der Waals surface area contributed by atoms with Gasteiger partial charge in [-0.15, -0.1) is 0 Å². The number of halogens is 1. The Bertz CT molecular complexity index is 887. The Balaban J connectivity index is 1.47. The Morgan fingerprint density at radius 3 is 2.64 bits per heavy atom. The standard InChI is InChI=1S/C20H23FN4O3/c1-24-17(26)10-16(19(27)28)20(24)6-8-25(9-7-20)12-14-11-22-23-18(14)13-2-4-15(21)5-3-13/h2-5,11,16H,6-10,12H2,1H3,(H,22,23)(H,27,28)/t16-/m1/s1. The van der Waals surface area contributed by atoms with Crippen molar-refractivity contribution in [3.8, 4) is 11.3 Å². The van der Waals surface area contributed by atoms with Crippen molar-refractivity contribution in [2.75, 3.05) is 20.1 Å². The molecule has 8 heteroatoms. The number of nitrogens with one attached hydrogen (secondary N) is 1. The van der Waals surface area contributed by atoms with Crippen LogP contribution in [0.4, 0.5) is 4.39 Å². The monoisotopic (exact) mass is 386 g/mol. The van der Waals surface area contributed by atoms with E-state index in [0.29, 0.717) is 32.5 Å². The van der Waals surface area contributed by atoms with Crippen LogP contribution >= 0.6 is 0 Å².